The third-order valence-electron chi connectivity index (χ3n) is 8.17. The number of hydrogen-bond donors (Lipinski definition) is 2. The minimum absolute atomic E-state index is 0.0162. The maximum atomic E-state index is 13.1. The summed E-state index contributed by atoms with van der Waals surface area (Å²) in [5.41, 5.74) is 9.48. The molecule has 2 bridgehead atoms. The van der Waals surface area contributed by atoms with Crippen LogP contribution >= 0.6 is 0 Å². The van der Waals surface area contributed by atoms with E-state index in [-0.39, 0.29) is 40.4 Å². The van der Waals surface area contributed by atoms with Gasteiger partial charge in [0.05, 0.1) is 11.9 Å². The number of nitrogen functional groups attached to an aromatic ring is 1. The van der Waals surface area contributed by atoms with E-state index in [4.69, 9.17) is 10.7 Å². The average molecular weight is 587 g/mol. The van der Waals surface area contributed by atoms with Crippen molar-refractivity contribution in [1.82, 2.24) is 39.7 Å². The first-order valence-corrected chi connectivity index (χ1v) is 15.3. The third-order valence-corrected chi connectivity index (χ3v) is 9.33. The molecule has 7 rings (SSSR count). The maximum Gasteiger partial charge on any atom is 0.292 e. The fourth-order valence-corrected chi connectivity index (χ4v) is 7.43. The highest BCUT2D eigenvalue weighted by Gasteiger charge is 2.46. The lowest BCUT2D eigenvalue weighted by Crippen LogP contribution is -2.46. The van der Waals surface area contributed by atoms with Crippen molar-refractivity contribution in [3.8, 4) is 22.5 Å². The number of nitrogens with zero attached hydrogens (tertiary/aromatic N) is 8. The Morgan fingerprint density at radius 3 is 2.57 bits per heavy atom. The predicted octanol–water partition coefficient (Wildman–Crippen LogP) is 1.75. The Morgan fingerprint density at radius 2 is 1.93 bits per heavy atom. The van der Waals surface area contributed by atoms with Crippen molar-refractivity contribution in [2.45, 2.75) is 48.6 Å². The van der Waals surface area contributed by atoms with E-state index in [0.29, 0.717) is 46.7 Å². The zero-order chi connectivity index (χ0) is 29.2. The molecule has 2 atom stereocenters. The van der Waals surface area contributed by atoms with Crippen LogP contribution in [0.25, 0.3) is 28.2 Å². The van der Waals surface area contributed by atoms with Crippen molar-refractivity contribution >= 4 is 27.2 Å². The van der Waals surface area contributed by atoms with Gasteiger partial charge >= 0.3 is 0 Å². The number of piperidine rings is 1. The first-order chi connectivity index (χ1) is 20.2. The van der Waals surface area contributed by atoms with Crippen molar-refractivity contribution < 1.29 is 17.9 Å². The minimum Gasteiger partial charge on any atom is -0.618 e. The highest BCUT2D eigenvalue weighted by atomic mass is 32.2. The predicted molar refractivity (Wildman–Crippen MR) is 149 cm³/mol. The standard InChI is InChI=1S/C27H26N10O4S/c1-42(40,41)23-22(16-10-17-6-7-18(11-16)36(17)27(38)25-30-14-31-34-25)33-26-19(13-32-37(26)24(23)28)15-5-8-20(29-12-15)21-4-2-3-9-35(21)39/h2-5,8-9,12-14,16-18H,6-7,10-11,28H2,1H3,(H,30,31,34). The van der Waals surface area contributed by atoms with Crippen molar-refractivity contribution in [3.05, 3.63) is 72.0 Å². The van der Waals surface area contributed by atoms with Crippen LogP contribution in [0.15, 0.2) is 60.1 Å². The van der Waals surface area contributed by atoms with E-state index in [1.165, 1.54) is 17.0 Å². The first kappa shape index (κ1) is 26.0. The summed E-state index contributed by atoms with van der Waals surface area (Å²) in [4.78, 5) is 27.1. The minimum atomic E-state index is -3.78. The lowest BCUT2D eigenvalue weighted by Gasteiger charge is -2.38. The number of fused-ring (bicyclic) bond motifs is 3. The number of carbonyl (C=O) groups is 1. The lowest BCUT2D eigenvalue weighted by atomic mass is 9.87. The van der Waals surface area contributed by atoms with Gasteiger partial charge in [-0.25, -0.2) is 18.4 Å². The molecule has 0 spiro atoms. The van der Waals surface area contributed by atoms with Gasteiger partial charge in [-0.1, -0.05) is 6.07 Å². The smallest absolute Gasteiger partial charge is 0.292 e. The number of aromatic amines is 1. The van der Waals surface area contributed by atoms with Crippen molar-refractivity contribution in [3.63, 3.8) is 0 Å². The molecule has 42 heavy (non-hydrogen) atoms. The van der Waals surface area contributed by atoms with Gasteiger partial charge in [-0.2, -0.15) is 14.3 Å². The Bertz CT molecular complexity index is 1930. The van der Waals surface area contributed by atoms with E-state index in [9.17, 15) is 18.4 Å². The SMILES string of the molecule is CS(=O)(=O)c1c(C2CC3CCC(C2)N3C(=O)c2nnc[nH]2)nc2c(-c3ccc(-c4cccc[n+]4[O-])nc3)cnn2c1N. The second-order valence-electron chi connectivity index (χ2n) is 10.7. The number of carbonyl (C=O) groups excluding carboxylic acids is 1. The van der Waals surface area contributed by atoms with E-state index >= 15 is 0 Å². The summed E-state index contributed by atoms with van der Waals surface area (Å²) < 4.78 is 28.2. The van der Waals surface area contributed by atoms with Crippen LogP contribution in [-0.2, 0) is 9.84 Å². The number of nitrogens with one attached hydrogen (secondary N) is 1. The number of pyridine rings is 2. The first-order valence-electron chi connectivity index (χ1n) is 13.4. The number of amides is 1. The van der Waals surface area contributed by atoms with Gasteiger partial charge in [-0.05, 0) is 37.8 Å². The number of H-pyrrole nitrogens is 1. The van der Waals surface area contributed by atoms with Crippen molar-refractivity contribution in [1.29, 1.82) is 0 Å². The van der Waals surface area contributed by atoms with Crippen LogP contribution in [0.3, 0.4) is 0 Å². The molecule has 2 aliphatic rings. The van der Waals surface area contributed by atoms with Gasteiger partial charge in [-0.15, -0.1) is 10.2 Å². The molecular weight excluding hydrogens is 560 g/mol. The van der Waals surface area contributed by atoms with Crippen LogP contribution in [-0.4, -0.2) is 72.3 Å². The summed E-state index contributed by atoms with van der Waals surface area (Å²) in [6.45, 7) is 0. The van der Waals surface area contributed by atoms with Crippen LogP contribution in [0.5, 0.6) is 0 Å². The summed E-state index contributed by atoms with van der Waals surface area (Å²) in [5, 5.41) is 24.2. The summed E-state index contributed by atoms with van der Waals surface area (Å²) in [6.07, 6.45) is 9.76. The molecule has 0 aromatic carbocycles. The molecule has 14 nitrogen and oxygen atoms in total. The number of rotatable bonds is 5. The Morgan fingerprint density at radius 1 is 1.14 bits per heavy atom. The van der Waals surface area contributed by atoms with Gasteiger partial charge in [0, 0.05) is 53.7 Å². The summed E-state index contributed by atoms with van der Waals surface area (Å²) >= 11 is 0. The molecule has 1 amide bonds. The van der Waals surface area contributed by atoms with Gasteiger partial charge in [-0.3, -0.25) is 4.79 Å². The van der Waals surface area contributed by atoms with Gasteiger partial charge < -0.3 is 20.8 Å². The van der Waals surface area contributed by atoms with Crippen LogP contribution in [0.2, 0.25) is 0 Å². The number of sulfone groups is 1. The number of nitrogens with two attached hydrogens (primary N) is 1. The fourth-order valence-electron chi connectivity index (χ4n) is 6.37. The monoisotopic (exact) mass is 586 g/mol. The molecule has 2 saturated heterocycles. The number of anilines is 1. The quantitative estimate of drug-likeness (QED) is 0.226. The second-order valence-corrected chi connectivity index (χ2v) is 12.7. The molecule has 7 heterocycles. The highest BCUT2D eigenvalue weighted by Crippen LogP contribution is 2.45. The Balaban J connectivity index is 1.28. The molecule has 5 aromatic heterocycles. The highest BCUT2D eigenvalue weighted by molar-refractivity contribution is 7.91. The van der Waals surface area contributed by atoms with Crippen LogP contribution in [0.4, 0.5) is 5.82 Å². The second kappa shape index (κ2) is 9.58. The summed E-state index contributed by atoms with van der Waals surface area (Å²) in [5.74, 6) is -0.284. The van der Waals surface area contributed by atoms with Gasteiger partial charge in [0.2, 0.25) is 11.5 Å². The molecule has 3 N–H and O–H groups in total. The molecule has 0 radical (unpaired) electrons. The maximum absolute atomic E-state index is 13.1. The van der Waals surface area contributed by atoms with Crippen LogP contribution < -0.4 is 10.5 Å². The Hall–Kier alpha value is -4.92. The van der Waals surface area contributed by atoms with E-state index < -0.39 is 9.84 Å². The number of aromatic nitrogens is 8. The normalized spacial score (nSPS) is 20.3. The van der Waals surface area contributed by atoms with Crippen LogP contribution in [0, 0.1) is 5.21 Å². The third kappa shape index (κ3) is 4.15. The van der Waals surface area contributed by atoms with Gasteiger partial charge in [0.25, 0.3) is 5.91 Å². The fraction of sp³-hybridized carbons (Fsp3) is 0.296. The molecule has 5 aromatic rings. The Labute approximate surface area is 239 Å². The van der Waals surface area contributed by atoms with E-state index in [2.05, 4.69) is 25.3 Å². The van der Waals surface area contributed by atoms with Crippen molar-refractivity contribution in [2.75, 3.05) is 12.0 Å². The van der Waals surface area contributed by atoms with E-state index in [1.807, 2.05) is 11.0 Å². The summed E-state index contributed by atoms with van der Waals surface area (Å²) in [6, 6.07) is 8.44. The molecule has 214 valence electrons. The topological polar surface area (TPSA) is 192 Å². The van der Waals surface area contributed by atoms with Crippen LogP contribution in [0.1, 0.15) is 47.9 Å². The van der Waals surface area contributed by atoms with E-state index in [1.54, 1.807) is 36.7 Å². The van der Waals surface area contributed by atoms with Crippen molar-refractivity contribution in [2.24, 2.45) is 0 Å². The Kier molecular flexibility index (Phi) is 5.93. The molecule has 0 saturated carbocycles. The lowest BCUT2D eigenvalue weighted by molar-refractivity contribution is -0.593. The zero-order valence-electron chi connectivity index (χ0n) is 22.5. The van der Waals surface area contributed by atoms with E-state index in [0.717, 1.165) is 23.8 Å². The summed E-state index contributed by atoms with van der Waals surface area (Å²) in [7, 11) is -3.78. The molecule has 15 heteroatoms. The average Bonchev–Trinajstić information content (AvgIpc) is 3.71. The molecular formula is C27H26N10O4S. The van der Waals surface area contributed by atoms with Gasteiger partial charge in [0.1, 0.15) is 22.7 Å². The number of hydrogen-bond acceptors (Lipinski definition) is 10. The molecule has 2 unspecified atom stereocenters. The molecule has 0 aliphatic carbocycles. The van der Waals surface area contributed by atoms with Gasteiger partial charge in [0.15, 0.2) is 21.7 Å². The molecule has 2 aliphatic heterocycles. The largest absolute Gasteiger partial charge is 0.618 e. The molecule has 2 fully saturated rings. The zero-order valence-corrected chi connectivity index (χ0v) is 23.3.